The Labute approximate surface area is 88.9 Å². The summed E-state index contributed by atoms with van der Waals surface area (Å²) in [5, 5.41) is 2.97. The molecule has 15 heavy (non-hydrogen) atoms. The molecule has 1 saturated carbocycles. The molecule has 3 N–H and O–H groups in total. The Kier molecular flexibility index (Phi) is 2.44. The van der Waals surface area contributed by atoms with E-state index in [2.05, 4.69) is 10.3 Å². The maximum Gasteiger partial charge on any atom is 0.253 e. The molecular weight excluding hydrogens is 190 g/mol. The summed E-state index contributed by atoms with van der Waals surface area (Å²) in [7, 11) is 0. The minimum absolute atomic E-state index is 0.0662. The fraction of sp³-hybridized carbons (Fsp3) is 0.455. The van der Waals surface area contributed by atoms with E-state index < -0.39 is 0 Å². The first-order valence-corrected chi connectivity index (χ1v) is 5.11. The molecule has 0 saturated heterocycles. The molecule has 0 spiro atoms. The van der Waals surface area contributed by atoms with Crippen LogP contribution in [0.1, 0.15) is 28.9 Å². The van der Waals surface area contributed by atoms with Gasteiger partial charge in [-0.15, -0.1) is 0 Å². The third-order valence-electron chi connectivity index (χ3n) is 2.87. The standard InChI is InChI=1S/C11H15N3O/c1-8-9(3-2-6-13-8)10(15)14-11(7-12)4-5-11/h2-3,6H,4-5,7,12H2,1H3,(H,14,15). The third kappa shape index (κ3) is 1.99. The molecule has 0 aromatic carbocycles. The average Bonchev–Trinajstić information content (AvgIpc) is 2.99. The van der Waals surface area contributed by atoms with E-state index in [1.165, 1.54) is 0 Å². The highest BCUT2D eigenvalue weighted by atomic mass is 16.1. The van der Waals surface area contributed by atoms with Gasteiger partial charge < -0.3 is 11.1 Å². The lowest BCUT2D eigenvalue weighted by Crippen LogP contribution is -2.42. The van der Waals surface area contributed by atoms with Crippen molar-refractivity contribution in [2.75, 3.05) is 6.54 Å². The zero-order valence-corrected chi connectivity index (χ0v) is 8.79. The average molecular weight is 205 g/mol. The molecule has 2 rings (SSSR count). The summed E-state index contributed by atoms with van der Waals surface area (Å²) < 4.78 is 0. The Balaban J connectivity index is 2.12. The molecule has 1 aliphatic rings. The van der Waals surface area contributed by atoms with Crippen molar-refractivity contribution in [1.29, 1.82) is 0 Å². The van der Waals surface area contributed by atoms with Gasteiger partial charge in [0.25, 0.3) is 5.91 Å². The second-order valence-electron chi connectivity index (χ2n) is 4.07. The number of aromatic nitrogens is 1. The molecule has 1 heterocycles. The van der Waals surface area contributed by atoms with Crippen LogP contribution in [0.3, 0.4) is 0 Å². The number of nitrogens with one attached hydrogen (secondary N) is 1. The Morgan fingerprint density at radius 1 is 1.67 bits per heavy atom. The molecule has 0 aliphatic heterocycles. The summed E-state index contributed by atoms with van der Waals surface area (Å²) in [6.45, 7) is 2.34. The third-order valence-corrected chi connectivity index (χ3v) is 2.87. The number of aryl methyl sites for hydroxylation is 1. The van der Waals surface area contributed by atoms with Crippen molar-refractivity contribution < 1.29 is 4.79 Å². The summed E-state index contributed by atoms with van der Waals surface area (Å²) in [6, 6.07) is 3.55. The number of nitrogens with zero attached hydrogens (tertiary/aromatic N) is 1. The summed E-state index contributed by atoms with van der Waals surface area (Å²) in [6.07, 6.45) is 3.64. The summed E-state index contributed by atoms with van der Waals surface area (Å²) >= 11 is 0. The number of amides is 1. The molecule has 80 valence electrons. The van der Waals surface area contributed by atoms with Gasteiger partial charge in [0.1, 0.15) is 0 Å². The highest BCUT2D eigenvalue weighted by molar-refractivity contribution is 5.95. The van der Waals surface area contributed by atoms with Crippen LogP contribution >= 0.6 is 0 Å². The predicted molar refractivity (Wildman–Crippen MR) is 57.5 cm³/mol. The van der Waals surface area contributed by atoms with E-state index in [4.69, 9.17) is 5.73 Å². The smallest absolute Gasteiger partial charge is 0.253 e. The van der Waals surface area contributed by atoms with Crippen LogP contribution in [0.25, 0.3) is 0 Å². The monoisotopic (exact) mass is 205 g/mol. The Hall–Kier alpha value is -1.42. The van der Waals surface area contributed by atoms with Crippen LogP contribution in [-0.4, -0.2) is 23.0 Å². The van der Waals surface area contributed by atoms with Gasteiger partial charge in [-0.25, -0.2) is 0 Å². The molecule has 1 aliphatic carbocycles. The highest BCUT2D eigenvalue weighted by Crippen LogP contribution is 2.34. The van der Waals surface area contributed by atoms with Crippen molar-refractivity contribution >= 4 is 5.91 Å². The second-order valence-corrected chi connectivity index (χ2v) is 4.07. The lowest BCUT2D eigenvalue weighted by Gasteiger charge is -2.15. The van der Waals surface area contributed by atoms with E-state index >= 15 is 0 Å². The second kappa shape index (κ2) is 3.62. The van der Waals surface area contributed by atoms with Crippen molar-refractivity contribution in [3.05, 3.63) is 29.6 Å². The van der Waals surface area contributed by atoms with Gasteiger partial charge in [0.05, 0.1) is 11.1 Å². The van der Waals surface area contributed by atoms with E-state index in [9.17, 15) is 4.79 Å². The number of rotatable bonds is 3. The highest BCUT2D eigenvalue weighted by Gasteiger charge is 2.42. The van der Waals surface area contributed by atoms with Crippen LogP contribution in [0.15, 0.2) is 18.3 Å². The van der Waals surface area contributed by atoms with Crippen molar-refractivity contribution in [3.63, 3.8) is 0 Å². The quantitative estimate of drug-likeness (QED) is 0.759. The predicted octanol–water partition coefficient (Wildman–Crippen LogP) is 0.611. The lowest BCUT2D eigenvalue weighted by molar-refractivity contribution is 0.0932. The Morgan fingerprint density at radius 3 is 2.93 bits per heavy atom. The molecule has 0 atom stereocenters. The van der Waals surface area contributed by atoms with Gasteiger partial charge in [0.2, 0.25) is 0 Å². The van der Waals surface area contributed by atoms with Crippen molar-refractivity contribution in [2.45, 2.75) is 25.3 Å². The van der Waals surface area contributed by atoms with Crippen molar-refractivity contribution in [3.8, 4) is 0 Å². The van der Waals surface area contributed by atoms with Gasteiger partial charge in [-0.1, -0.05) is 0 Å². The first-order chi connectivity index (χ1) is 7.17. The maximum absolute atomic E-state index is 11.9. The summed E-state index contributed by atoms with van der Waals surface area (Å²) in [5.74, 6) is -0.0662. The number of carbonyl (C=O) groups is 1. The van der Waals surface area contributed by atoms with Crippen LogP contribution in [0.5, 0.6) is 0 Å². The number of nitrogens with two attached hydrogens (primary N) is 1. The van der Waals surface area contributed by atoms with Gasteiger partial charge in [-0.3, -0.25) is 9.78 Å². The van der Waals surface area contributed by atoms with Crippen LogP contribution in [0, 0.1) is 6.92 Å². The van der Waals surface area contributed by atoms with Crippen molar-refractivity contribution in [2.24, 2.45) is 5.73 Å². The fourth-order valence-corrected chi connectivity index (χ4v) is 1.56. The maximum atomic E-state index is 11.9. The summed E-state index contributed by atoms with van der Waals surface area (Å²) in [5.41, 5.74) is 6.85. The van der Waals surface area contributed by atoms with Gasteiger partial charge in [-0.05, 0) is 31.9 Å². The van der Waals surface area contributed by atoms with Gasteiger partial charge in [0, 0.05) is 18.4 Å². The zero-order valence-electron chi connectivity index (χ0n) is 8.79. The van der Waals surface area contributed by atoms with Gasteiger partial charge in [0.15, 0.2) is 0 Å². The normalized spacial score (nSPS) is 17.2. The van der Waals surface area contributed by atoms with E-state index in [1.54, 1.807) is 18.3 Å². The first-order valence-electron chi connectivity index (χ1n) is 5.11. The lowest BCUT2D eigenvalue weighted by atomic mass is 10.1. The minimum Gasteiger partial charge on any atom is -0.345 e. The van der Waals surface area contributed by atoms with E-state index in [0.717, 1.165) is 18.5 Å². The molecule has 0 unspecified atom stereocenters. The Morgan fingerprint density at radius 2 is 2.40 bits per heavy atom. The number of hydrogen-bond acceptors (Lipinski definition) is 3. The largest absolute Gasteiger partial charge is 0.345 e. The minimum atomic E-state index is -0.140. The van der Waals surface area contributed by atoms with E-state index in [-0.39, 0.29) is 11.4 Å². The molecule has 1 amide bonds. The fourth-order valence-electron chi connectivity index (χ4n) is 1.56. The molecule has 4 heteroatoms. The van der Waals surface area contributed by atoms with Crippen LogP contribution in [0.4, 0.5) is 0 Å². The first kappa shape index (κ1) is 10.1. The molecule has 0 radical (unpaired) electrons. The number of carbonyl (C=O) groups excluding carboxylic acids is 1. The van der Waals surface area contributed by atoms with Gasteiger partial charge >= 0.3 is 0 Å². The molecule has 4 nitrogen and oxygen atoms in total. The van der Waals surface area contributed by atoms with E-state index in [0.29, 0.717) is 12.1 Å². The van der Waals surface area contributed by atoms with Gasteiger partial charge in [-0.2, -0.15) is 0 Å². The summed E-state index contributed by atoms with van der Waals surface area (Å²) in [4.78, 5) is 16.0. The van der Waals surface area contributed by atoms with Crippen LogP contribution < -0.4 is 11.1 Å². The van der Waals surface area contributed by atoms with Crippen LogP contribution in [0.2, 0.25) is 0 Å². The number of pyridine rings is 1. The SMILES string of the molecule is Cc1ncccc1C(=O)NC1(CN)CC1. The number of hydrogen-bond donors (Lipinski definition) is 2. The zero-order chi connectivity index (χ0) is 10.9. The Bertz CT molecular complexity index is 385. The topological polar surface area (TPSA) is 68.0 Å². The molecular formula is C11H15N3O. The van der Waals surface area contributed by atoms with Crippen LogP contribution in [-0.2, 0) is 0 Å². The molecule has 0 bridgehead atoms. The molecule has 1 fully saturated rings. The molecule has 1 aromatic rings. The van der Waals surface area contributed by atoms with E-state index in [1.807, 2.05) is 6.92 Å². The molecule has 1 aromatic heterocycles. The van der Waals surface area contributed by atoms with Crippen molar-refractivity contribution in [1.82, 2.24) is 10.3 Å².